The van der Waals surface area contributed by atoms with Crippen LogP contribution in [0.5, 0.6) is 5.75 Å². The highest BCUT2D eigenvalue weighted by Crippen LogP contribution is 2.27. The third kappa shape index (κ3) is 3.45. The van der Waals surface area contributed by atoms with E-state index >= 15 is 0 Å². The zero-order valence-electron chi connectivity index (χ0n) is 9.99. The Morgan fingerprint density at radius 3 is 2.67 bits per heavy atom. The number of nitrogens with two attached hydrogens (primary N) is 1. The first-order valence-electron chi connectivity index (χ1n) is 5.53. The minimum absolute atomic E-state index is 0.0196. The molecule has 5 heteroatoms. The number of benzene rings is 1. The minimum atomic E-state index is -2.92. The molecule has 0 atom stereocenters. The Balaban J connectivity index is 3.20. The lowest BCUT2D eigenvalue weighted by molar-refractivity contribution is -0.0500. The molecule has 3 nitrogen and oxygen atoms in total. The lowest BCUT2D eigenvalue weighted by Crippen LogP contribution is -2.08. The van der Waals surface area contributed by atoms with Crippen molar-refractivity contribution < 1.29 is 13.5 Å². The SMILES string of the molecule is CCC/C(C#N)=C(/N)c1ccccc1OC(F)F. The van der Waals surface area contributed by atoms with Gasteiger partial charge in [0.25, 0.3) is 0 Å². The molecule has 0 spiro atoms. The molecule has 18 heavy (non-hydrogen) atoms. The first-order valence-corrected chi connectivity index (χ1v) is 5.53. The van der Waals surface area contributed by atoms with Crippen LogP contribution in [-0.4, -0.2) is 6.61 Å². The summed E-state index contributed by atoms with van der Waals surface area (Å²) < 4.78 is 28.9. The van der Waals surface area contributed by atoms with Crippen LogP contribution in [0.2, 0.25) is 0 Å². The van der Waals surface area contributed by atoms with Crippen molar-refractivity contribution in [3.05, 3.63) is 35.4 Å². The fourth-order valence-electron chi connectivity index (χ4n) is 1.55. The van der Waals surface area contributed by atoms with Crippen LogP contribution >= 0.6 is 0 Å². The van der Waals surface area contributed by atoms with Crippen LogP contribution < -0.4 is 10.5 Å². The van der Waals surface area contributed by atoms with Crippen molar-refractivity contribution in [2.75, 3.05) is 0 Å². The van der Waals surface area contributed by atoms with Gasteiger partial charge in [-0.25, -0.2) is 0 Å². The predicted octanol–water partition coefficient (Wildman–Crippen LogP) is 3.28. The zero-order valence-corrected chi connectivity index (χ0v) is 9.99. The summed E-state index contributed by atoms with van der Waals surface area (Å²) in [6.07, 6.45) is 1.26. The molecule has 0 aromatic heterocycles. The summed E-state index contributed by atoms with van der Waals surface area (Å²) in [6.45, 7) is -1.01. The largest absolute Gasteiger partial charge is 0.434 e. The third-order valence-corrected chi connectivity index (χ3v) is 2.35. The number of nitriles is 1. The molecule has 0 aliphatic rings. The van der Waals surface area contributed by atoms with Gasteiger partial charge < -0.3 is 10.5 Å². The molecular weight excluding hydrogens is 238 g/mol. The first-order chi connectivity index (χ1) is 8.60. The average Bonchev–Trinajstić information content (AvgIpc) is 2.35. The second kappa shape index (κ2) is 6.60. The van der Waals surface area contributed by atoms with E-state index in [2.05, 4.69) is 4.74 Å². The van der Waals surface area contributed by atoms with Gasteiger partial charge in [0.05, 0.1) is 17.3 Å². The molecule has 96 valence electrons. The summed E-state index contributed by atoms with van der Waals surface area (Å²) in [5.41, 5.74) is 6.73. The van der Waals surface area contributed by atoms with E-state index in [1.54, 1.807) is 18.2 Å². The molecule has 0 aliphatic heterocycles. The molecule has 0 aliphatic carbocycles. The van der Waals surface area contributed by atoms with Gasteiger partial charge in [-0.1, -0.05) is 25.5 Å². The minimum Gasteiger partial charge on any atom is -0.434 e. The summed E-state index contributed by atoms with van der Waals surface area (Å²) in [5.74, 6) is -0.0196. The number of halogens is 2. The highest BCUT2D eigenvalue weighted by molar-refractivity contribution is 5.73. The Hall–Kier alpha value is -2.09. The molecule has 0 radical (unpaired) electrons. The molecule has 1 aromatic rings. The quantitative estimate of drug-likeness (QED) is 0.818. The highest BCUT2D eigenvalue weighted by Gasteiger charge is 2.13. The lowest BCUT2D eigenvalue weighted by Gasteiger charge is -2.12. The Morgan fingerprint density at radius 2 is 2.11 bits per heavy atom. The fourth-order valence-corrected chi connectivity index (χ4v) is 1.55. The van der Waals surface area contributed by atoms with Crippen LogP contribution in [0.3, 0.4) is 0 Å². The molecule has 1 rings (SSSR count). The van der Waals surface area contributed by atoms with E-state index in [4.69, 9.17) is 11.0 Å². The number of alkyl halides is 2. The van der Waals surface area contributed by atoms with E-state index in [1.165, 1.54) is 6.07 Å². The molecular formula is C13H14F2N2O. The predicted molar refractivity (Wildman–Crippen MR) is 64.7 cm³/mol. The molecule has 2 N–H and O–H groups in total. The summed E-state index contributed by atoms with van der Waals surface area (Å²) >= 11 is 0. The van der Waals surface area contributed by atoms with Crippen LogP contribution in [0.15, 0.2) is 29.8 Å². The van der Waals surface area contributed by atoms with E-state index in [0.717, 1.165) is 6.42 Å². The Kier molecular flexibility index (Phi) is 5.12. The topological polar surface area (TPSA) is 59.0 Å². The van der Waals surface area contributed by atoms with Gasteiger partial charge >= 0.3 is 6.61 Å². The number of hydrogen-bond donors (Lipinski definition) is 1. The van der Waals surface area contributed by atoms with Crippen molar-refractivity contribution in [1.29, 1.82) is 5.26 Å². The molecule has 1 aromatic carbocycles. The van der Waals surface area contributed by atoms with E-state index in [1.807, 2.05) is 13.0 Å². The Morgan fingerprint density at radius 1 is 1.44 bits per heavy atom. The van der Waals surface area contributed by atoms with Crippen LogP contribution in [-0.2, 0) is 0 Å². The molecule has 0 heterocycles. The van der Waals surface area contributed by atoms with E-state index in [9.17, 15) is 8.78 Å². The van der Waals surface area contributed by atoms with E-state index < -0.39 is 6.61 Å². The van der Waals surface area contributed by atoms with Gasteiger partial charge in [0, 0.05) is 5.56 Å². The standard InChI is InChI=1S/C13H14F2N2O/c1-2-5-9(8-16)12(17)10-6-3-4-7-11(10)18-13(14)15/h3-4,6-7,13H,2,5,17H2,1H3/b12-9-. The maximum Gasteiger partial charge on any atom is 0.387 e. The van der Waals surface area contributed by atoms with Crippen LogP contribution in [0.4, 0.5) is 8.78 Å². The maximum atomic E-state index is 12.3. The van der Waals surface area contributed by atoms with Crippen molar-refractivity contribution in [2.24, 2.45) is 5.73 Å². The van der Waals surface area contributed by atoms with E-state index in [-0.39, 0.29) is 11.4 Å². The molecule has 0 saturated carbocycles. The molecule has 0 bridgehead atoms. The van der Waals surface area contributed by atoms with Crippen molar-refractivity contribution in [1.82, 2.24) is 0 Å². The van der Waals surface area contributed by atoms with Gasteiger partial charge in [0.15, 0.2) is 0 Å². The smallest absolute Gasteiger partial charge is 0.387 e. The number of allylic oxidation sites excluding steroid dienone is 1. The highest BCUT2D eigenvalue weighted by atomic mass is 19.3. The van der Waals surface area contributed by atoms with Gasteiger partial charge in [0.1, 0.15) is 5.75 Å². The van der Waals surface area contributed by atoms with Crippen molar-refractivity contribution in [3.63, 3.8) is 0 Å². The van der Waals surface area contributed by atoms with Crippen molar-refractivity contribution in [3.8, 4) is 11.8 Å². The number of hydrogen-bond acceptors (Lipinski definition) is 3. The van der Waals surface area contributed by atoms with Gasteiger partial charge in [-0.05, 0) is 18.6 Å². The number of para-hydroxylation sites is 1. The summed E-state index contributed by atoms with van der Waals surface area (Å²) in [5, 5.41) is 8.98. The van der Waals surface area contributed by atoms with Crippen molar-refractivity contribution in [2.45, 2.75) is 26.4 Å². The Labute approximate surface area is 104 Å². The fraction of sp³-hybridized carbons (Fsp3) is 0.308. The monoisotopic (exact) mass is 252 g/mol. The first kappa shape index (κ1) is 14.0. The molecule has 0 saturated heterocycles. The van der Waals surface area contributed by atoms with Gasteiger partial charge in [-0.2, -0.15) is 14.0 Å². The number of rotatable bonds is 5. The van der Waals surface area contributed by atoms with Gasteiger partial charge in [-0.15, -0.1) is 0 Å². The summed E-state index contributed by atoms with van der Waals surface area (Å²) in [6, 6.07) is 8.17. The normalized spacial score (nSPS) is 11.9. The maximum absolute atomic E-state index is 12.3. The average molecular weight is 252 g/mol. The van der Waals surface area contributed by atoms with Gasteiger partial charge in [-0.3, -0.25) is 0 Å². The van der Waals surface area contributed by atoms with Crippen LogP contribution in [0.1, 0.15) is 25.3 Å². The molecule has 0 amide bonds. The number of nitrogens with zero attached hydrogens (tertiary/aromatic N) is 1. The second-order valence-corrected chi connectivity index (χ2v) is 3.63. The van der Waals surface area contributed by atoms with Crippen LogP contribution in [0, 0.1) is 11.3 Å². The lowest BCUT2D eigenvalue weighted by atomic mass is 10.0. The summed E-state index contributed by atoms with van der Waals surface area (Å²) in [7, 11) is 0. The van der Waals surface area contributed by atoms with E-state index in [0.29, 0.717) is 17.6 Å². The second-order valence-electron chi connectivity index (χ2n) is 3.63. The summed E-state index contributed by atoms with van der Waals surface area (Å²) in [4.78, 5) is 0. The number of ether oxygens (including phenoxy) is 1. The van der Waals surface area contributed by atoms with Crippen LogP contribution in [0.25, 0.3) is 5.70 Å². The zero-order chi connectivity index (χ0) is 13.5. The third-order valence-electron chi connectivity index (χ3n) is 2.35. The molecule has 0 unspecified atom stereocenters. The van der Waals surface area contributed by atoms with Crippen molar-refractivity contribution >= 4 is 5.70 Å². The van der Waals surface area contributed by atoms with Gasteiger partial charge in [0.2, 0.25) is 0 Å². The Bertz CT molecular complexity index is 478. The molecule has 0 fully saturated rings.